The summed E-state index contributed by atoms with van der Waals surface area (Å²) in [4.78, 5) is 2.38. The Bertz CT molecular complexity index is 148. The Morgan fingerprint density at radius 2 is 2.36 bits per heavy atom. The van der Waals surface area contributed by atoms with Gasteiger partial charge in [0.2, 0.25) is 0 Å². The molecule has 14 heavy (non-hydrogen) atoms. The fourth-order valence-corrected chi connectivity index (χ4v) is 2.02. The van der Waals surface area contributed by atoms with E-state index < -0.39 is 0 Å². The lowest BCUT2D eigenvalue weighted by Crippen LogP contribution is -2.30. The molecule has 0 aliphatic carbocycles. The summed E-state index contributed by atoms with van der Waals surface area (Å²) in [5.41, 5.74) is 0. The van der Waals surface area contributed by atoms with E-state index in [9.17, 15) is 0 Å². The van der Waals surface area contributed by atoms with Crippen LogP contribution in [0.25, 0.3) is 0 Å². The Labute approximate surface area is 87.5 Å². The van der Waals surface area contributed by atoms with Gasteiger partial charge in [-0.2, -0.15) is 0 Å². The fourth-order valence-electron chi connectivity index (χ4n) is 2.02. The number of rotatable bonds is 6. The first-order chi connectivity index (χ1) is 6.76. The SMILES string of the molecule is CCC(CO)CNCC1CCN(C)C1. The normalized spacial score (nSPS) is 25.5. The largest absolute Gasteiger partial charge is 0.396 e. The van der Waals surface area contributed by atoms with E-state index in [1.165, 1.54) is 19.5 Å². The van der Waals surface area contributed by atoms with Gasteiger partial charge in [-0.1, -0.05) is 6.92 Å². The van der Waals surface area contributed by atoms with Crippen LogP contribution >= 0.6 is 0 Å². The molecule has 1 aliphatic heterocycles. The summed E-state index contributed by atoms with van der Waals surface area (Å²) >= 11 is 0. The Morgan fingerprint density at radius 3 is 2.86 bits per heavy atom. The van der Waals surface area contributed by atoms with Crippen LogP contribution in [0.3, 0.4) is 0 Å². The fraction of sp³-hybridized carbons (Fsp3) is 1.00. The summed E-state index contributed by atoms with van der Waals surface area (Å²) < 4.78 is 0. The minimum Gasteiger partial charge on any atom is -0.396 e. The molecule has 0 aromatic rings. The summed E-state index contributed by atoms with van der Waals surface area (Å²) in [6.07, 6.45) is 2.38. The van der Waals surface area contributed by atoms with Crippen molar-refractivity contribution in [2.75, 3.05) is 39.8 Å². The molecular weight excluding hydrogens is 176 g/mol. The molecule has 0 aromatic heterocycles. The van der Waals surface area contributed by atoms with E-state index in [4.69, 9.17) is 5.11 Å². The third kappa shape index (κ3) is 3.95. The molecular formula is C11H24N2O. The molecule has 1 heterocycles. The van der Waals surface area contributed by atoms with Crippen LogP contribution in [0.2, 0.25) is 0 Å². The number of aliphatic hydroxyl groups excluding tert-OH is 1. The summed E-state index contributed by atoms with van der Waals surface area (Å²) in [5.74, 6) is 1.25. The molecule has 84 valence electrons. The molecule has 0 radical (unpaired) electrons. The first kappa shape index (κ1) is 12.0. The smallest absolute Gasteiger partial charge is 0.0471 e. The van der Waals surface area contributed by atoms with Crippen LogP contribution < -0.4 is 5.32 Å². The third-order valence-corrected chi connectivity index (χ3v) is 3.19. The molecule has 0 aromatic carbocycles. The van der Waals surface area contributed by atoms with Gasteiger partial charge in [-0.15, -0.1) is 0 Å². The van der Waals surface area contributed by atoms with E-state index in [1.807, 2.05) is 0 Å². The Kier molecular flexibility index (Phi) is 5.45. The lowest BCUT2D eigenvalue weighted by molar-refractivity contribution is 0.217. The number of aliphatic hydroxyl groups is 1. The second-order valence-electron chi connectivity index (χ2n) is 4.53. The molecule has 0 spiro atoms. The van der Waals surface area contributed by atoms with E-state index in [0.29, 0.717) is 12.5 Å². The molecule has 0 amide bonds. The lowest BCUT2D eigenvalue weighted by Gasteiger charge is -2.15. The van der Waals surface area contributed by atoms with Crippen molar-refractivity contribution in [3.05, 3.63) is 0 Å². The van der Waals surface area contributed by atoms with Gasteiger partial charge >= 0.3 is 0 Å². The van der Waals surface area contributed by atoms with Crippen molar-refractivity contribution in [3.8, 4) is 0 Å². The van der Waals surface area contributed by atoms with Crippen molar-refractivity contribution in [2.24, 2.45) is 11.8 Å². The van der Waals surface area contributed by atoms with Crippen molar-refractivity contribution in [1.82, 2.24) is 10.2 Å². The standard InChI is InChI=1S/C11H24N2O/c1-3-10(9-14)6-12-7-11-4-5-13(2)8-11/h10-12,14H,3-9H2,1-2H3. The van der Waals surface area contributed by atoms with Crippen LogP contribution in [0.15, 0.2) is 0 Å². The Morgan fingerprint density at radius 1 is 1.57 bits per heavy atom. The number of likely N-dealkylation sites (tertiary alicyclic amines) is 1. The van der Waals surface area contributed by atoms with Crippen molar-refractivity contribution in [3.63, 3.8) is 0 Å². The van der Waals surface area contributed by atoms with Crippen LogP contribution in [0.5, 0.6) is 0 Å². The highest BCUT2D eigenvalue weighted by atomic mass is 16.3. The van der Waals surface area contributed by atoms with Gasteiger partial charge in [-0.25, -0.2) is 0 Å². The highest BCUT2D eigenvalue weighted by Crippen LogP contribution is 2.12. The topological polar surface area (TPSA) is 35.5 Å². The van der Waals surface area contributed by atoms with Gasteiger partial charge in [-0.3, -0.25) is 0 Å². The molecule has 1 aliphatic rings. The molecule has 1 rings (SSSR count). The highest BCUT2D eigenvalue weighted by molar-refractivity contribution is 4.75. The average Bonchev–Trinajstić information content (AvgIpc) is 2.59. The van der Waals surface area contributed by atoms with E-state index in [1.54, 1.807) is 0 Å². The molecule has 1 saturated heterocycles. The summed E-state index contributed by atoms with van der Waals surface area (Å²) in [7, 11) is 2.18. The predicted molar refractivity (Wildman–Crippen MR) is 59.3 cm³/mol. The Balaban J connectivity index is 2.03. The summed E-state index contributed by atoms with van der Waals surface area (Å²) in [6.45, 7) is 6.99. The van der Waals surface area contributed by atoms with E-state index in [0.717, 1.165) is 25.4 Å². The maximum absolute atomic E-state index is 9.01. The van der Waals surface area contributed by atoms with Crippen LogP contribution in [-0.4, -0.2) is 49.8 Å². The van der Waals surface area contributed by atoms with Crippen LogP contribution in [0, 0.1) is 11.8 Å². The average molecular weight is 200 g/mol. The molecule has 2 atom stereocenters. The molecule has 0 bridgehead atoms. The Hall–Kier alpha value is -0.120. The zero-order chi connectivity index (χ0) is 10.4. The minimum absolute atomic E-state index is 0.314. The van der Waals surface area contributed by atoms with Crippen molar-refractivity contribution < 1.29 is 5.11 Å². The molecule has 3 nitrogen and oxygen atoms in total. The van der Waals surface area contributed by atoms with Gasteiger partial charge in [0.1, 0.15) is 0 Å². The predicted octanol–water partition coefficient (Wildman–Crippen LogP) is 0.546. The number of hydrogen-bond acceptors (Lipinski definition) is 3. The first-order valence-electron chi connectivity index (χ1n) is 5.76. The molecule has 2 N–H and O–H groups in total. The molecule has 3 heteroatoms. The maximum atomic E-state index is 9.01. The summed E-state index contributed by atoms with van der Waals surface area (Å²) in [6, 6.07) is 0. The zero-order valence-corrected chi connectivity index (χ0v) is 9.50. The van der Waals surface area contributed by atoms with Gasteiger partial charge < -0.3 is 15.3 Å². The quantitative estimate of drug-likeness (QED) is 0.657. The number of nitrogens with one attached hydrogen (secondary N) is 1. The zero-order valence-electron chi connectivity index (χ0n) is 9.50. The number of hydrogen-bond donors (Lipinski definition) is 2. The minimum atomic E-state index is 0.314. The van der Waals surface area contributed by atoms with Crippen molar-refractivity contribution in [1.29, 1.82) is 0 Å². The molecule has 0 saturated carbocycles. The summed E-state index contributed by atoms with van der Waals surface area (Å²) in [5, 5.41) is 12.5. The van der Waals surface area contributed by atoms with Gasteiger partial charge in [0, 0.05) is 19.7 Å². The van der Waals surface area contributed by atoms with Crippen LogP contribution in [-0.2, 0) is 0 Å². The second kappa shape index (κ2) is 6.38. The van der Waals surface area contributed by atoms with Crippen LogP contribution in [0.1, 0.15) is 19.8 Å². The van der Waals surface area contributed by atoms with Gasteiger partial charge in [0.25, 0.3) is 0 Å². The van der Waals surface area contributed by atoms with Gasteiger partial charge in [0.05, 0.1) is 0 Å². The van der Waals surface area contributed by atoms with Gasteiger partial charge in [0.15, 0.2) is 0 Å². The van der Waals surface area contributed by atoms with Crippen LogP contribution in [0.4, 0.5) is 0 Å². The van der Waals surface area contributed by atoms with Crippen molar-refractivity contribution >= 4 is 0 Å². The van der Waals surface area contributed by atoms with E-state index in [2.05, 4.69) is 24.2 Å². The van der Waals surface area contributed by atoms with E-state index >= 15 is 0 Å². The lowest BCUT2D eigenvalue weighted by atomic mass is 10.1. The first-order valence-corrected chi connectivity index (χ1v) is 5.76. The second-order valence-corrected chi connectivity index (χ2v) is 4.53. The molecule has 2 unspecified atom stereocenters. The highest BCUT2D eigenvalue weighted by Gasteiger charge is 2.18. The third-order valence-electron chi connectivity index (χ3n) is 3.19. The number of nitrogens with zero attached hydrogens (tertiary/aromatic N) is 1. The van der Waals surface area contributed by atoms with E-state index in [-0.39, 0.29) is 0 Å². The monoisotopic (exact) mass is 200 g/mol. The van der Waals surface area contributed by atoms with Crippen molar-refractivity contribution in [2.45, 2.75) is 19.8 Å². The van der Waals surface area contributed by atoms with Gasteiger partial charge in [-0.05, 0) is 44.8 Å². The maximum Gasteiger partial charge on any atom is 0.0471 e. The molecule has 1 fully saturated rings.